The predicted octanol–water partition coefficient (Wildman–Crippen LogP) is 3.01. The van der Waals surface area contributed by atoms with Gasteiger partial charge >= 0.3 is 6.18 Å². The van der Waals surface area contributed by atoms with Gasteiger partial charge in [0.05, 0.1) is 10.5 Å². The number of hydrogen-bond acceptors (Lipinski definition) is 4. The average Bonchev–Trinajstić information content (AvgIpc) is 2.34. The molecule has 0 bridgehead atoms. The van der Waals surface area contributed by atoms with E-state index >= 15 is 0 Å². The Morgan fingerprint density at radius 2 is 2.00 bits per heavy atom. The van der Waals surface area contributed by atoms with E-state index in [1.807, 2.05) is 13.8 Å². The normalized spacial score (nSPS) is 13.3. The molecule has 0 aliphatic heterocycles. The molecule has 1 aromatic rings. The summed E-state index contributed by atoms with van der Waals surface area (Å²) in [5.41, 5.74) is 3.87. The van der Waals surface area contributed by atoms with Crippen molar-refractivity contribution in [3.8, 4) is 0 Å². The smallest absolute Gasteiger partial charge is 0.383 e. The van der Waals surface area contributed by atoms with Crippen LogP contribution in [0.4, 0.5) is 24.5 Å². The topological polar surface area (TPSA) is 81.2 Å². The minimum absolute atomic E-state index is 0.106. The van der Waals surface area contributed by atoms with Gasteiger partial charge in [0, 0.05) is 30.4 Å². The molecule has 1 aromatic carbocycles. The number of rotatable bonds is 5. The highest BCUT2D eigenvalue weighted by Crippen LogP contribution is 2.37. The summed E-state index contributed by atoms with van der Waals surface area (Å²) < 4.78 is 38.6. The lowest BCUT2D eigenvalue weighted by atomic mass is 10.1. The van der Waals surface area contributed by atoms with Crippen LogP contribution in [0.5, 0.6) is 0 Å². The second-order valence-corrected chi connectivity index (χ2v) is 4.77. The fourth-order valence-corrected chi connectivity index (χ4v) is 1.50. The fraction of sp³-hybridized carbons (Fsp3) is 0.500. The number of alkyl halides is 3. The van der Waals surface area contributed by atoms with Crippen molar-refractivity contribution >= 4 is 11.4 Å². The third kappa shape index (κ3) is 4.09. The molecule has 0 radical (unpaired) electrons. The van der Waals surface area contributed by atoms with Crippen LogP contribution >= 0.6 is 0 Å². The van der Waals surface area contributed by atoms with Crippen molar-refractivity contribution in [2.75, 3.05) is 11.9 Å². The Hall–Kier alpha value is -1.83. The Bertz CT molecular complexity index is 489. The molecule has 1 atom stereocenters. The third-order valence-corrected chi connectivity index (χ3v) is 2.90. The Kier molecular flexibility index (Phi) is 4.93. The van der Waals surface area contributed by atoms with Gasteiger partial charge in [0.2, 0.25) is 0 Å². The van der Waals surface area contributed by atoms with Gasteiger partial charge in [-0.05, 0) is 12.0 Å². The molecule has 3 N–H and O–H groups in total. The first-order valence-electron chi connectivity index (χ1n) is 5.98. The highest BCUT2D eigenvalue weighted by atomic mass is 19.4. The van der Waals surface area contributed by atoms with Gasteiger partial charge in [-0.2, -0.15) is 13.2 Å². The van der Waals surface area contributed by atoms with E-state index in [4.69, 9.17) is 5.73 Å². The van der Waals surface area contributed by atoms with Gasteiger partial charge in [-0.1, -0.05) is 13.8 Å². The minimum atomic E-state index is -4.67. The van der Waals surface area contributed by atoms with E-state index in [9.17, 15) is 23.3 Å². The SMILES string of the molecule is CC(C)C(N)CNc1ccc([N+](=O)[O-])cc1C(F)(F)F. The molecule has 0 fully saturated rings. The molecule has 0 saturated carbocycles. The van der Waals surface area contributed by atoms with Crippen LogP contribution in [0.3, 0.4) is 0 Å². The maximum Gasteiger partial charge on any atom is 0.418 e. The van der Waals surface area contributed by atoms with Gasteiger partial charge in [-0.3, -0.25) is 10.1 Å². The Labute approximate surface area is 114 Å². The molecule has 1 rings (SSSR count). The molecule has 0 saturated heterocycles. The van der Waals surface area contributed by atoms with Crippen molar-refractivity contribution in [3.63, 3.8) is 0 Å². The van der Waals surface area contributed by atoms with Crippen LogP contribution < -0.4 is 11.1 Å². The standard InChI is InChI=1S/C12H16F3N3O2/c1-7(2)10(16)6-17-11-4-3-8(18(19)20)5-9(11)12(13,14)15/h3-5,7,10,17H,6,16H2,1-2H3. The molecule has 112 valence electrons. The number of benzene rings is 1. The van der Waals surface area contributed by atoms with Gasteiger partial charge in [0.15, 0.2) is 0 Å². The lowest BCUT2D eigenvalue weighted by molar-refractivity contribution is -0.385. The number of hydrogen-bond donors (Lipinski definition) is 2. The monoisotopic (exact) mass is 291 g/mol. The molecule has 0 heterocycles. The van der Waals surface area contributed by atoms with E-state index in [1.165, 1.54) is 0 Å². The second-order valence-electron chi connectivity index (χ2n) is 4.77. The van der Waals surface area contributed by atoms with Crippen LogP contribution in [-0.2, 0) is 6.18 Å². The molecule has 1 unspecified atom stereocenters. The zero-order valence-electron chi connectivity index (χ0n) is 11.1. The van der Waals surface area contributed by atoms with E-state index in [0.717, 1.165) is 12.1 Å². The molecule has 0 aliphatic rings. The summed E-state index contributed by atoms with van der Waals surface area (Å²) in [6.07, 6.45) is -4.67. The number of nitrogens with one attached hydrogen (secondary N) is 1. The first-order valence-corrected chi connectivity index (χ1v) is 5.98. The minimum Gasteiger partial charge on any atom is -0.383 e. The highest BCUT2D eigenvalue weighted by molar-refractivity contribution is 5.57. The van der Waals surface area contributed by atoms with Gasteiger partial charge in [-0.25, -0.2) is 0 Å². The fourth-order valence-electron chi connectivity index (χ4n) is 1.50. The van der Waals surface area contributed by atoms with Crippen LogP contribution in [0, 0.1) is 16.0 Å². The lowest BCUT2D eigenvalue weighted by Crippen LogP contribution is -2.34. The first-order chi connectivity index (χ1) is 9.12. The molecule has 20 heavy (non-hydrogen) atoms. The first kappa shape index (κ1) is 16.2. The maximum atomic E-state index is 12.9. The molecule has 0 aromatic heterocycles. The van der Waals surface area contributed by atoms with Crippen molar-refractivity contribution in [1.29, 1.82) is 0 Å². The summed E-state index contributed by atoms with van der Waals surface area (Å²) in [4.78, 5) is 9.68. The number of anilines is 1. The van der Waals surface area contributed by atoms with E-state index in [0.29, 0.717) is 6.07 Å². The summed E-state index contributed by atoms with van der Waals surface area (Å²) in [5, 5.41) is 13.1. The molecular weight excluding hydrogens is 275 g/mol. The van der Waals surface area contributed by atoms with Crippen molar-refractivity contribution < 1.29 is 18.1 Å². The zero-order valence-corrected chi connectivity index (χ0v) is 11.1. The summed E-state index contributed by atoms with van der Waals surface area (Å²) in [5.74, 6) is 0.106. The van der Waals surface area contributed by atoms with Crippen LogP contribution in [0.15, 0.2) is 18.2 Å². The van der Waals surface area contributed by atoms with E-state index in [2.05, 4.69) is 5.32 Å². The molecule has 8 heteroatoms. The number of nitrogens with zero attached hydrogens (tertiary/aromatic N) is 1. The molecule has 0 aliphatic carbocycles. The Balaban J connectivity index is 3.04. The van der Waals surface area contributed by atoms with E-state index in [-0.39, 0.29) is 24.2 Å². The lowest BCUT2D eigenvalue weighted by Gasteiger charge is -2.19. The highest BCUT2D eigenvalue weighted by Gasteiger charge is 2.35. The maximum absolute atomic E-state index is 12.9. The van der Waals surface area contributed by atoms with Crippen molar-refractivity contribution in [2.45, 2.75) is 26.1 Å². The van der Waals surface area contributed by atoms with Crippen molar-refractivity contribution in [3.05, 3.63) is 33.9 Å². The predicted molar refractivity (Wildman–Crippen MR) is 69.4 cm³/mol. The number of nitro groups is 1. The number of nitro benzene ring substituents is 1. The summed E-state index contributed by atoms with van der Waals surface area (Å²) in [6.45, 7) is 3.86. The van der Waals surface area contributed by atoms with E-state index < -0.39 is 22.4 Å². The van der Waals surface area contributed by atoms with Crippen LogP contribution in [0.25, 0.3) is 0 Å². The molecule has 5 nitrogen and oxygen atoms in total. The van der Waals surface area contributed by atoms with Crippen LogP contribution in [0.2, 0.25) is 0 Å². The Morgan fingerprint density at radius 3 is 2.45 bits per heavy atom. The van der Waals surface area contributed by atoms with Gasteiger partial charge in [0.25, 0.3) is 5.69 Å². The molecule has 0 spiro atoms. The van der Waals surface area contributed by atoms with Gasteiger partial charge in [0.1, 0.15) is 0 Å². The average molecular weight is 291 g/mol. The quantitative estimate of drug-likeness (QED) is 0.645. The zero-order chi connectivity index (χ0) is 15.5. The van der Waals surface area contributed by atoms with Gasteiger partial charge in [-0.15, -0.1) is 0 Å². The molecular formula is C12H16F3N3O2. The van der Waals surface area contributed by atoms with Crippen LogP contribution in [-0.4, -0.2) is 17.5 Å². The van der Waals surface area contributed by atoms with Crippen LogP contribution in [0.1, 0.15) is 19.4 Å². The Morgan fingerprint density at radius 1 is 1.40 bits per heavy atom. The second kappa shape index (κ2) is 6.08. The number of halogens is 3. The number of nitrogens with two attached hydrogens (primary N) is 1. The van der Waals surface area contributed by atoms with Crippen molar-refractivity contribution in [1.82, 2.24) is 0 Å². The molecule has 0 amide bonds. The van der Waals surface area contributed by atoms with Crippen molar-refractivity contribution in [2.24, 2.45) is 11.7 Å². The van der Waals surface area contributed by atoms with E-state index in [1.54, 1.807) is 0 Å². The number of non-ortho nitro benzene ring substituents is 1. The van der Waals surface area contributed by atoms with Gasteiger partial charge < -0.3 is 11.1 Å². The summed E-state index contributed by atoms with van der Waals surface area (Å²) in [6, 6.07) is 2.28. The third-order valence-electron chi connectivity index (χ3n) is 2.90. The largest absolute Gasteiger partial charge is 0.418 e. The summed E-state index contributed by atoms with van der Waals surface area (Å²) in [7, 11) is 0. The summed E-state index contributed by atoms with van der Waals surface area (Å²) >= 11 is 0.